The third-order valence-corrected chi connectivity index (χ3v) is 3.18. The van der Waals surface area contributed by atoms with Gasteiger partial charge in [0.2, 0.25) is 0 Å². The SMILES string of the molecule is NCC#Cc1cc(F)cc(CN2CCCC(O)C2)c1. The van der Waals surface area contributed by atoms with Crippen LogP contribution in [0, 0.1) is 17.7 Å². The molecular weight excluding hydrogens is 243 g/mol. The van der Waals surface area contributed by atoms with Crippen molar-refractivity contribution in [2.75, 3.05) is 19.6 Å². The van der Waals surface area contributed by atoms with Crippen LogP contribution in [-0.2, 0) is 6.54 Å². The highest BCUT2D eigenvalue weighted by Crippen LogP contribution is 2.15. The van der Waals surface area contributed by atoms with Crippen molar-refractivity contribution >= 4 is 0 Å². The van der Waals surface area contributed by atoms with Gasteiger partial charge in [-0.05, 0) is 43.1 Å². The van der Waals surface area contributed by atoms with Gasteiger partial charge in [-0.1, -0.05) is 11.8 Å². The van der Waals surface area contributed by atoms with Crippen LogP contribution in [0.5, 0.6) is 0 Å². The lowest BCUT2D eigenvalue weighted by atomic mass is 10.1. The van der Waals surface area contributed by atoms with E-state index in [1.165, 1.54) is 12.1 Å². The molecule has 1 atom stereocenters. The van der Waals surface area contributed by atoms with Crippen LogP contribution in [0.1, 0.15) is 24.0 Å². The van der Waals surface area contributed by atoms with Crippen LogP contribution >= 0.6 is 0 Å². The molecule has 0 amide bonds. The van der Waals surface area contributed by atoms with Crippen LogP contribution in [-0.4, -0.2) is 35.7 Å². The maximum atomic E-state index is 13.5. The zero-order valence-electron chi connectivity index (χ0n) is 10.9. The van der Waals surface area contributed by atoms with E-state index in [2.05, 4.69) is 16.7 Å². The molecule has 3 nitrogen and oxygen atoms in total. The van der Waals surface area contributed by atoms with Gasteiger partial charge < -0.3 is 10.8 Å². The number of halogens is 1. The Hall–Kier alpha value is -1.41. The average Bonchev–Trinajstić information content (AvgIpc) is 2.35. The minimum Gasteiger partial charge on any atom is -0.392 e. The molecule has 1 aliphatic rings. The van der Waals surface area contributed by atoms with Crippen molar-refractivity contribution < 1.29 is 9.50 Å². The van der Waals surface area contributed by atoms with Crippen LogP contribution < -0.4 is 5.73 Å². The van der Waals surface area contributed by atoms with Crippen LogP contribution in [0.4, 0.5) is 4.39 Å². The molecule has 1 saturated heterocycles. The average molecular weight is 262 g/mol. The van der Waals surface area contributed by atoms with Crippen molar-refractivity contribution in [3.05, 3.63) is 35.1 Å². The molecule has 4 heteroatoms. The molecule has 3 N–H and O–H groups in total. The van der Waals surface area contributed by atoms with Gasteiger partial charge in [0.15, 0.2) is 0 Å². The molecule has 2 rings (SSSR count). The van der Waals surface area contributed by atoms with Crippen LogP contribution in [0.3, 0.4) is 0 Å². The third-order valence-electron chi connectivity index (χ3n) is 3.18. The Morgan fingerprint density at radius 2 is 2.26 bits per heavy atom. The maximum absolute atomic E-state index is 13.5. The van der Waals surface area contributed by atoms with Crippen molar-refractivity contribution in [2.45, 2.75) is 25.5 Å². The Balaban J connectivity index is 2.09. The fourth-order valence-electron chi connectivity index (χ4n) is 2.40. The Labute approximate surface area is 113 Å². The van der Waals surface area contributed by atoms with E-state index < -0.39 is 0 Å². The molecule has 0 radical (unpaired) electrons. The van der Waals surface area contributed by atoms with E-state index in [0.29, 0.717) is 18.7 Å². The minimum atomic E-state index is -0.281. The van der Waals surface area contributed by atoms with Gasteiger partial charge in [0.1, 0.15) is 5.82 Å². The second kappa shape index (κ2) is 6.67. The quantitative estimate of drug-likeness (QED) is 0.785. The molecule has 19 heavy (non-hydrogen) atoms. The minimum absolute atomic E-state index is 0.265. The van der Waals surface area contributed by atoms with Crippen molar-refractivity contribution in [1.82, 2.24) is 4.90 Å². The maximum Gasteiger partial charge on any atom is 0.124 e. The summed E-state index contributed by atoms with van der Waals surface area (Å²) in [5.41, 5.74) is 6.85. The number of nitrogens with zero attached hydrogens (tertiary/aromatic N) is 1. The number of rotatable bonds is 2. The van der Waals surface area contributed by atoms with Gasteiger partial charge in [0.25, 0.3) is 0 Å². The predicted octanol–water partition coefficient (Wildman–Crippen LogP) is 1.09. The molecule has 0 aromatic heterocycles. The Bertz CT molecular complexity index is 493. The summed E-state index contributed by atoms with van der Waals surface area (Å²) in [6.45, 7) is 2.51. The highest BCUT2D eigenvalue weighted by atomic mass is 19.1. The second-order valence-corrected chi connectivity index (χ2v) is 4.89. The fourth-order valence-corrected chi connectivity index (χ4v) is 2.40. The molecule has 1 fully saturated rings. The van der Waals surface area contributed by atoms with E-state index in [-0.39, 0.29) is 18.5 Å². The summed E-state index contributed by atoms with van der Waals surface area (Å²) in [6.07, 6.45) is 1.57. The van der Waals surface area contributed by atoms with Gasteiger partial charge in [-0.2, -0.15) is 0 Å². The number of aliphatic hydroxyl groups excluding tert-OH is 1. The first-order chi connectivity index (χ1) is 9.17. The van der Waals surface area contributed by atoms with Gasteiger partial charge in [-0.3, -0.25) is 4.90 Å². The molecule has 0 bridgehead atoms. The van der Waals surface area contributed by atoms with Crippen LogP contribution in [0.2, 0.25) is 0 Å². The normalized spacial score (nSPS) is 19.8. The lowest BCUT2D eigenvalue weighted by molar-refractivity contribution is 0.0668. The zero-order valence-corrected chi connectivity index (χ0v) is 10.9. The molecule has 0 saturated carbocycles. The molecule has 1 aliphatic heterocycles. The van der Waals surface area contributed by atoms with E-state index in [0.717, 1.165) is 24.9 Å². The van der Waals surface area contributed by atoms with E-state index in [1.807, 2.05) is 6.07 Å². The van der Waals surface area contributed by atoms with Gasteiger partial charge in [0.05, 0.1) is 12.6 Å². The van der Waals surface area contributed by atoms with Crippen molar-refractivity contribution in [3.63, 3.8) is 0 Å². The molecule has 1 aromatic carbocycles. The molecule has 1 unspecified atom stereocenters. The van der Waals surface area contributed by atoms with E-state index in [4.69, 9.17) is 5.73 Å². The molecule has 0 spiro atoms. The lowest BCUT2D eigenvalue weighted by Gasteiger charge is -2.30. The van der Waals surface area contributed by atoms with Crippen LogP contribution in [0.15, 0.2) is 18.2 Å². The standard InChI is InChI=1S/C15H19FN2O/c16-14-8-12(3-1-5-17)7-13(9-14)10-18-6-2-4-15(19)11-18/h7-9,15,19H,2,4-6,10-11,17H2. The van der Waals surface area contributed by atoms with Crippen molar-refractivity contribution in [1.29, 1.82) is 0 Å². The summed E-state index contributed by atoms with van der Waals surface area (Å²) in [7, 11) is 0. The Morgan fingerprint density at radius 1 is 1.42 bits per heavy atom. The number of benzene rings is 1. The van der Waals surface area contributed by atoms with Crippen molar-refractivity contribution in [2.24, 2.45) is 5.73 Å². The van der Waals surface area contributed by atoms with Crippen molar-refractivity contribution in [3.8, 4) is 11.8 Å². The number of likely N-dealkylation sites (tertiary alicyclic amines) is 1. The van der Waals surface area contributed by atoms with Crippen LogP contribution in [0.25, 0.3) is 0 Å². The van der Waals surface area contributed by atoms with E-state index in [1.54, 1.807) is 0 Å². The number of aliphatic hydroxyl groups is 1. The summed E-state index contributed by atoms with van der Waals surface area (Å²) < 4.78 is 13.5. The Morgan fingerprint density at radius 3 is 3.00 bits per heavy atom. The summed E-state index contributed by atoms with van der Waals surface area (Å²) in [5, 5.41) is 9.63. The van der Waals surface area contributed by atoms with Gasteiger partial charge in [-0.25, -0.2) is 4.39 Å². The predicted molar refractivity (Wildman–Crippen MR) is 72.9 cm³/mol. The number of nitrogens with two attached hydrogens (primary N) is 1. The largest absolute Gasteiger partial charge is 0.392 e. The van der Waals surface area contributed by atoms with Gasteiger partial charge in [0, 0.05) is 18.7 Å². The summed E-state index contributed by atoms with van der Waals surface area (Å²) in [4.78, 5) is 2.14. The lowest BCUT2D eigenvalue weighted by Crippen LogP contribution is -2.37. The first kappa shape index (κ1) is 14.0. The summed E-state index contributed by atoms with van der Waals surface area (Å²) in [6, 6.07) is 4.82. The first-order valence-corrected chi connectivity index (χ1v) is 6.56. The summed E-state index contributed by atoms with van der Waals surface area (Å²) in [5.74, 6) is 5.29. The molecule has 1 aromatic rings. The topological polar surface area (TPSA) is 49.5 Å². The fraction of sp³-hybridized carbons (Fsp3) is 0.467. The zero-order chi connectivity index (χ0) is 13.7. The monoisotopic (exact) mass is 262 g/mol. The van der Waals surface area contributed by atoms with E-state index >= 15 is 0 Å². The van der Waals surface area contributed by atoms with Gasteiger partial charge in [-0.15, -0.1) is 0 Å². The summed E-state index contributed by atoms with van der Waals surface area (Å²) >= 11 is 0. The number of piperidine rings is 1. The smallest absolute Gasteiger partial charge is 0.124 e. The number of β-amino-alcohol motifs (C(OH)–C–C–N with tert-alkyl or cyclic N) is 1. The van der Waals surface area contributed by atoms with Gasteiger partial charge >= 0.3 is 0 Å². The number of hydrogen-bond acceptors (Lipinski definition) is 3. The Kier molecular flexibility index (Phi) is 4.92. The third kappa shape index (κ3) is 4.32. The molecule has 0 aliphatic carbocycles. The second-order valence-electron chi connectivity index (χ2n) is 4.89. The highest BCUT2D eigenvalue weighted by molar-refractivity contribution is 5.38. The van der Waals surface area contributed by atoms with E-state index in [9.17, 15) is 9.50 Å². The highest BCUT2D eigenvalue weighted by Gasteiger charge is 2.17. The molecule has 102 valence electrons. The molecular formula is C15H19FN2O. The number of hydrogen-bond donors (Lipinski definition) is 2. The first-order valence-electron chi connectivity index (χ1n) is 6.56. The molecule has 1 heterocycles.